The number of hydrogen-bond acceptors (Lipinski definition) is 10. The number of carbonyl (C=O) groups is 1. The van der Waals surface area contributed by atoms with E-state index in [0.29, 0.717) is 39.8 Å². The van der Waals surface area contributed by atoms with Crippen LogP contribution in [-0.2, 0) is 22.7 Å². The number of nitriles is 1. The molecule has 11 nitrogen and oxygen atoms in total. The summed E-state index contributed by atoms with van der Waals surface area (Å²) in [4.78, 5) is 17.0. The molecule has 2 heterocycles. The Morgan fingerprint density at radius 2 is 1.87 bits per heavy atom. The molecule has 1 aliphatic carbocycles. The number of amides is 1. The number of carbonyl (C=O) groups excluding carboxylic acids is 1. The largest absolute Gasteiger partial charge is 0.488 e. The van der Waals surface area contributed by atoms with Gasteiger partial charge < -0.3 is 40.0 Å². The zero-order valence-corrected chi connectivity index (χ0v) is 32.3. The summed E-state index contributed by atoms with van der Waals surface area (Å²) in [6.07, 6.45) is 11.6. The third kappa shape index (κ3) is 10.6. The van der Waals surface area contributed by atoms with E-state index in [-0.39, 0.29) is 44.9 Å². The summed E-state index contributed by atoms with van der Waals surface area (Å²) in [6.45, 7) is 6.46. The van der Waals surface area contributed by atoms with Crippen LogP contribution in [0.5, 0.6) is 11.5 Å². The minimum Gasteiger partial charge on any atom is -0.488 e. The van der Waals surface area contributed by atoms with Crippen molar-refractivity contribution in [3.63, 3.8) is 0 Å². The van der Waals surface area contributed by atoms with Gasteiger partial charge in [-0.25, -0.2) is 0 Å². The third-order valence-electron chi connectivity index (χ3n) is 9.88. The molecule has 0 saturated carbocycles. The second-order valence-corrected chi connectivity index (χ2v) is 15.0. The van der Waals surface area contributed by atoms with Crippen LogP contribution >= 0.6 is 23.2 Å². The van der Waals surface area contributed by atoms with Crippen molar-refractivity contribution in [1.29, 1.82) is 5.26 Å². The quantitative estimate of drug-likeness (QED) is 0.0977. The Kier molecular flexibility index (Phi) is 14.9. The predicted octanol–water partition coefficient (Wildman–Crippen LogP) is 5.40. The highest BCUT2D eigenvalue weighted by Crippen LogP contribution is 2.47. The molecule has 13 heteroatoms. The number of nitrogens with zero attached hydrogens (tertiary/aromatic N) is 3. The van der Waals surface area contributed by atoms with Crippen LogP contribution in [0.15, 0.2) is 79.2 Å². The van der Waals surface area contributed by atoms with Crippen LogP contribution in [0.2, 0.25) is 5.02 Å². The number of likely N-dealkylation sites (tertiary alicyclic amines) is 1. The van der Waals surface area contributed by atoms with Gasteiger partial charge in [-0.2, -0.15) is 5.26 Å². The summed E-state index contributed by atoms with van der Waals surface area (Å²) in [6, 6.07) is 16.9. The summed E-state index contributed by atoms with van der Waals surface area (Å²) in [5.74, 6) is 0.811. The highest BCUT2D eigenvalue weighted by atomic mass is 35.5. The number of ether oxygens (including phenoxy) is 3. The maximum absolute atomic E-state index is 11.5. The number of aliphatic hydroxyl groups is 2. The normalized spacial score (nSPS) is 20.4. The fraction of sp³-hybridized carbons (Fsp3) is 0.439. The fourth-order valence-corrected chi connectivity index (χ4v) is 7.32. The number of allylic oxidation sites excluding steroid dienone is 2. The minimum absolute atomic E-state index is 0.00928. The lowest BCUT2D eigenvalue weighted by Gasteiger charge is -2.45. The van der Waals surface area contributed by atoms with Gasteiger partial charge in [0.2, 0.25) is 5.91 Å². The number of aliphatic hydroxyl groups excluding tert-OH is 2. The summed E-state index contributed by atoms with van der Waals surface area (Å²) >= 11 is 14.4. The molecule has 54 heavy (non-hydrogen) atoms. The van der Waals surface area contributed by atoms with Gasteiger partial charge in [-0.15, -0.1) is 11.6 Å². The molecule has 5 rings (SSSR count). The van der Waals surface area contributed by atoms with Gasteiger partial charge in [0.1, 0.15) is 41.3 Å². The van der Waals surface area contributed by atoms with Gasteiger partial charge in [0.25, 0.3) is 0 Å². The smallest absolute Gasteiger partial charge is 0.217 e. The Morgan fingerprint density at radius 3 is 2.57 bits per heavy atom. The van der Waals surface area contributed by atoms with Gasteiger partial charge >= 0.3 is 0 Å². The molecular formula is C41H49Cl2N5O6. The van der Waals surface area contributed by atoms with Gasteiger partial charge in [-0.3, -0.25) is 9.78 Å². The van der Waals surface area contributed by atoms with E-state index in [2.05, 4.69) is 26.6 Å². The van der Waals surface area contributed by atoms with Gasteiger partial charge in [-0.1, -0.05) is 54.1 Å². The molecule has 1 aliphatic heterocycles. The van der Waals surface area contributed by atoms with Crippen molar-refractivity contribution in [2.75, 3.05) is 46.1 Å². The molecule has 1 saturated heterocycles. The van der Waals surface area contributed by atoms with Crippen molar-refractivity contribution in [3.05, 3.63) is 106 Å². The third-order valence-corrected chi connectivity index (χ3v) is 10.7. The maximum Gasteiger partial charge on any atom is 0.217 e. The molecule has 288 valence electrons. The number of benzene rings is 2. The average molecular weight is 779 g/mol. The number of halogens is 2. The summed E-state index contributed by atoms with van der Waals surface area (Å²) < 4.78 is 19.6. The first-order valence-corrected chi connectivity index (χ1v) is 19.0. The molecule has 2 unspecified atom stereocenters. The summed E-state index contributed by atoms with van der Waals surface area (Å²) in [5.41, 5.74) is 2.55. The van der Waals surface area contributed by atoms with Crippen molar-refractivity contribution in [2.24, 2.45) is 0 Å². The molecule has 1 aromatic heterocycles. The van der Waals surface area contributed by atoms with Crippen LogP contribution < -0.4 is 20.1 Å². The van der Waals surface area contributed by atoms with E-state index in [0.717, 1.165) is 50.0 Å². The number of piperidine rings is 1. The second kappa shape index (κ2) is 19.6. The molecule has 1 fully saturated rings. The van der Waals surface area contributed by atoms with Crippen LogP contribution in [0.1, 0.15) is 55.4 Å². The average Bonchev–Trinajstić information content (AvgIpc) is 3.17. The zero-order valence-electron chi connectivity index (χ0n) is 30.8. The van der Waals surface area contributed by atoms with Gasteiger partial charge in [0, 0.05) is 75.3 Å². The number of rotatable bonds is 18. The molecule has 0 bridgehead atoms. The lowest BCUT2D eigenvalue weighted by Crippen LogP contribution is -2.55. The lowest BCUT2D eigenvalue weighted by molar-refractivity contribution is -0.119. The van der Waals surface area contributed by atoms with Crippen molar-refractivity contribution in [2.45, 2.75) is 68.8 Å². The molecular weight excluding hydrogens is 729 g/mol. The molecule has 1 amide bonds. The molecule has 2 aliphatic rings. The Balaban J connectivity index is 1.36. The van der Waals surface area contributed by atoms with Crippen LogP contribution in [0.3, 0.4) is 0 Å². The Labute approximate surface area is 327 Å². The van der Waals surface area contributed by atoms with E-state index < -0.39 is 16.5 Å². The van der Waals surface area contributed by atoms with E-state index in [1.165, 1.54) is 6.20 Å². The van der Waals surface area contributed by atoms with Crippen LogP contribution in [-0.4, -0.2) is 94.6 Å². The SMILES string of the molecule is CC(=O)NC1CCN(CCCOC2(COc3cc(OCc4cncc(C#N)c4)c(CNC(CO)CO)cc3Cl)C=CC=C(c3ccccc3)C2(C)Cl)CC1. The van der Waals surface area contributed by atoms with Crippen LogP contribution in [0.4, 0.5) is 0 Å². The standard InChI is InChI=1S/C41H49Cl2N5O6/c1-29(51)47-34-11-15-48(16-12-34)14-7-17-54-41(13-6-10-36(40(41,2)43)32-8-4-3-5-9-32)28-53-39-20-38(52-27-31-18-30(21-44)22-45-23-31)33(19-37(39)42)24-46-35(25-49)26-50/h3-6,8-10,13,18-20,22-23,34-35,46,49-50H,7,11-12,14-17,24-28H2,1-2H3,(H,47,51). The fourth-order valence-electron chi connectivity index (χ4n) is 6.74. The second-order valence-electron chi connectivity index (χ2n) is 13.8. The number of alkyl halides is 1. The molecule has 3 aromatic rings. The maximum atomic E-state index is 11.5. The predicted molar refractivity (Wildman–Crippen MR) is 209 cm³/mol. The van der Waals surface area contributed by atoms with E-state index in [9.17, 15) is 20.3 Å². The Morgan fingerprint density at radius 1 is 1.11 bits per heavy atom. The molecule has 4 N–H and O–H groups in total. The first kappa shape index (κ1) is 41.2. The number of hydrogen-bond donors (Lipinski definition) is 4. The van der Waals surface area contributed by atoms with E-state index >= 15 is 0 Å². The van der Waals surface area contributed by atoms with Crippen molar-refractivity contribution in [1.82, 2.24) is 20.5 Å². The topological polar surface area (TPSA) is 149 Å². The molecule has 0 radical (unpaired) electrons. The highest BCUT2D eigenvalue weighted by molar-refractivity contribution is 6.32. The highest BCUT2D eigenvalue weighted by Gasteiger charge is 2.51. The zero-order chi connectivity index (χ0) is 38.6. The Bertz CT molecular complexity index is 1810. The van der Waals surface area contributed by atoms with Gasteiger partial charge in [0.15, 0.2) is 0 Å². The van der Waals surface area contributed by atoms with Gasteiger partial charge in [-0.05, 0) is 55.5 Å². The molecule has 0 spiro atoms. The summed E-state index contributed by atoms with van der Waals surface area (Å²) in [5, 5.41) is 35.1. The van der Waals surface area contributed by atoms with Crippen molar-refractivity contribution < 1.29 is 29.2 Å². The number of aromatic nitrogens is 1. The number of nitrogens with one attached hydrogen (secondary N) is 2. The van der Waals surface area contributed by atoms with Crippen molar-refractivity contribution in [3.8, 4) is 17.6 Å². The molecule has 2 aromatic carbocycles. The van der Waals surface area contributed by atoms with Crippen LogP contribution in [0.25, 0.3) is 5.57 Å². The first-order valence-electron chi connectivity index (χ1n) is 18.2. The monoisotopic (exact) mass is 777 g/mol. The van der Waals surface area contributed by atoms with Crippen LogP contribution in [0, 0.1) is 11.3 Å². The minimum atomic E-state index is -1.10. The lowest BCUT2D eigenvalue weighted by atomic mass is 9.76. The van der Waals surface area contributed by atoms with E-state index in [1.54, 1.807) is 31.3 Å². The first-order chi connectivity index (χ1) is 26.1. The van der Waals surface area contributed by atoms with Gasteiger partial charge in [0.05, 0.1) is 29.8 Å². The van der Waals surface area contributed by atoms with E-state index in [4.69, 9.17) is 37.4 Å². The van der Waals surface area contributed by atoms with E-state index in [1.807, 2.05) is 55.5 Å². The summed E-state index contributed by atoms with van der Waals surface area (Å²) in [7, 11) is 0. The number of pyridine rings is 1. The Hall–Kier alpha value is -3.99. The molecule has 2 atom stereocenters. The van der Waals surface area contributed by atoms with Crippen molar-refractivity contribution >= 4 is 34.7 Å².